The number of hydrogen-bond acceptors (Lipinski definition) is 3. The monoisotopic (exact) mass is 281 g/mol. The van der Waals surface area contributed by atoms with Crippen LogP contribution in [0.4, 0.5) is 5.69 Å². The largest absolute Gasteiger partial charge is 0.384 e. The molecular formula is C17H19N3O. The van der Waals surface area contributed by atoms with Crippen LogP contribution < -0.4 is 5.32 Å². The molecule has 1 aliphatic heterocycles. The molecule has 0 spiro atoms. The van der Waals surface area contributed by atoms with Gasteiger partial charge < -0.3 is 10.2 Å². The third kappa shape index (κ3) is 3.05. The van der Waals surface area contributed by atoms with Crippen LogP contribution in [0.2, 0.25) is 0 Å². The van der Waals surface area contributed by atoms with E-state index in [1.54, 1.807) is 17.3 Å². The van der Waals surface area contributed by atoms with E-state index in [0.717, 1.165) is 17.7 Å². The van der Waals surface area contributed by atoms with Gasteiger partial charge in [0.25, 0.3) is 0 Å². The van der Waals surface area contributed by atoms with Crippen LogP contribution >= 0.6 is 0 Å². The number of rotatable bonds is 3. The fourth-order valence-corrected chi connectivity index (χ4v) is 2.77. The highest BCUT2D eigenvalue weighted by Crippen LogP contribution is 2.25. The van der Waals surface area contributed by atoms with Gasteiger partial charge in [-0.1, -0.05) is 24.3 Å². The summed E-state index contributed by atoms with van der Waals surface area (Å²) in [5.74, 6) is 0.183. The van der Waals surface area contributed by atoms with Crippen molar-refractivity contribution in [3.05, 3.63) is 59.9 Å². The number of pyridine rings is 1. The van der Waals surface area contributed by atoms with Crippen LogP contribution in [0.25, 0.3) is 0 Å². The molecule has 1 aromatic carbocycles. The molecule has 4 nitrogen and oxygen atoms in total. The molecule has 0 radical (unpaired) electrons. The number of fused-ring (bicyclic) bond motifs is 1. The summed E-state index contributed by atoms with van der Waals surface area (Å²) in [4.78, 5) is 18.5. The molecule has 0 aliphatic carbocycles. The van der Waals surface area contributed by atoms with E-state index in [-0.39, 0.29) is 11.8 Å². The molecule has 1 aliphatic rings. The fourth-order valence-electron chi connectivity index (χ4n) is 2.77. The zero-order chi connectivity index (χ0) is 14.7. The lowest BCUT2D eigenvalue weighted by atomic mass is 9.93. The van der Waals surface area contributed by atoms with E-state index in [2.05, 4.69) is 22.4 Å². The van der Waals surface area contributed by atoms with Crippen molar-refractivity contribution in [1.29, 1.82) is 0 Å². The quantitative estimate of drug-likeness (QED) is 0.939. The Bertz CT molecular complexity index is 627. The predicted molar refractivity (Wildman–Crippen MR) is 82.8 cm³/mol. The Morgan fingerprint density at radius 2 is 2.19 bits per heavy atom. The minimum atomic E-state index is 0.00146. The van der Waals surface area contributed by atoms with Crippen LogP contribution in [0.15, 0.2) is 48.8 Å². The van der Waals surface area contributed by atoms with Crippen molar-refractivity contribution in [3.63, 3.8) is 0 Å². The second kappa shape index (κ2) is 5.95. The van der Waals surface area contributed by atoms with E-state index in [9.17, 15) is 4.79 Å². The van der Waals surface area contributed by atoms with E-state index in [0.29, 0.717) is 13.1 Å². The highest BCUT2D eigenvalue weighted by Gasteiger charge is 2.26. The number of carbonyl (C=O) groups excluding carboxylic acids is 1. The molecule has 21 heavy (non-hydrogen) atoms. The second-order valence-electron chi connectivity index (χ2n) is 5.49. The third-order valence-corrected chi connectivity index (χ3v) is 3.89. The average Bonchev–Trinajstić information content (AvgIpc) is 2.54. The Labute approximate surface area is 124 Å². The number of anilines is 1. The maximum absolute atomic E-state index is 12.6. The molecule has 0 bridgehead atoms. The zero-order valence-electron chi connectivity index (χ0n) is 12.1. The Morgan fingerprint density at radius 3 is 3.00 bits per heavy atom. The van der Waals surface area contributed by atoms with Crippen molar-refractivity contribution in [1.82, 2.24) is 9.88 Å². The van der Waals surface area contributed by atoms with Crippen molar-refractivity contribution < 1.29 is 4.79 Å². The first-order chi connectivity index (χ1) is 10.2. The minimum Gasteiger partial charge on any atom is -0.384 e. The normalized spacial score (nSPS) is 16.7. The molecule has 1 atom stereocenters. The summed E-state index contributed by atoms with van der Waals surface area (Å²) >= 11 is 0. The second-order valence-corrected chi connectivity index (χ2v) is 5.49. The first kappa shape index (κ1) is 13.6. The number of para-hydroxylation sites is 1. The van der Waals surface area contributed by atoms with Crippen LogP contribution in [-0.4, -0.2) is 29.4 Å². The molecular weight excluding hydrogens is 262 g/mol. The average molecular weight is 281 g/mol. The lowest BCUT2D eigenvalue weighted by Gasteiger charge is -2.29. The summed E-state index contributed by atoms with van der Waals surface area (Å²) in [5, 5.41) is 3.35. The van der Waals surface area contributed by atoms with E-state index < -0.39 is 0 Å². The number of benzene rings is 1. The SMILES string of the molecule is CN(Cc1cccnc1)C(=O)C1CNc2ccccc2C1. The number of amides is 1. The summed E-state index contributed by atoms with van der Waals surface area (Å²) in [6, 6.07) is 12.1. The molecule has 1 unspecified atom stereocenters. The molecule has 0 fully saturated rings. The molecule has 0 saturated carbocycles. The zero-order valence-corrected chi connectivity index (χ0v) is 12.1. The lowest BCUT2D eigenvalue weighted by Crippen LogP contribution is -2.39. The van der Waals surface area contributed by atoms with Gasteiger partial charge in [-0.25, -0.2) is 0 Å². The lowest BCUT2D eigenvalue weighted by molar-refractivity contribution is -0.134. The number of hydrogen-bond donors (Lipinski definition) is 1. The van der Waals surface area contributed by atoms with Gasteiger partial charge in [-0.05, 0) is 29.7 Å². The van der Waals surface area contributed by atoms with Gasteiger partial charge >= 0.3 is 0 Å². The van der Waals surface area contributed by atoms with E-state index in [1.807, 2.05) is 31.3 Å². The minimum absolute atomic E-state index is 0.00146. The fraction of sp³-hybridized carbons (Fsp3) is 0.294. The summed E-state index contributed by atoms with van der Waals surface area (Å²) in [6.07, 6.45) is 4.35. The van der Waals surface area contributed by atoms with Gasteiger partial charge in [-0.15, -0.1) is 0 Å². The van der Waals surface area contributed by atoms with E-state index in [4.69, 9.17) is 0 Å². The van der Waals surface area contributed by atoms with Gasteiger partial charge in [0, 0.05) is 38.2 Å². The van der Waals surface area contributed by atoms with Crippen LogP contribution in [-0.2, 0) is 17.8 Å². The molecule has 1 amide bonds. The van der Waals surface area contributed by atoms with Crippen molar-refractivity contribution in [2.24, 2.45) is 5.92 Å². The maximum Gasteiger partial charge on any atom is 0.227 e. The van der Waals surface area contributed by atoms with Crippen molar-refractivity contribution in [2.75, 3.05) is 18.9 Å². The molecule has 4 heteroatoms. The van der Waals surface area contributed by atoms with Crippen LogP contribution in [0.1, 0.15) is 11.1 Å². The van der Waals surface area contributed by atoms with E-state index in [1.165, 1.54) is 5.56 Å². The van der Waals surface area contributed by atoms with Crippen LogP contribution in [0, 0.1) is 5.92 Å². The molecule has 2 aromatic rings. The maximum atomic E-state index is 12.6. The number of carbonyl (C=O) groups is 1. The Kier molecular flexibility index (Phi) is 3.86. The molecule has 0 saturated heterocycles. The first-order valence-corrected chi connectivity index (χ1v) is 7.19. The molecule has 2 heterocycles. The molecule has 1 N–H and O–H groups in total. The van der Waals surface area contributed by atoms with Crippen LogP contribution in [0.3, 0.4) is 0 Å². The standard InChI is InChI=1S/C17H19N3O/c1-20(12-13-5-4-8-18-10-13)17(21)15-9-14-6-2-3-7-16(14)19-11-15/h2-8,10,15,19H,9,11-12H2,1H3. The molecule has 3 rings (SSSR count). The van der Waals surface area contributed by atoms with Gasteiger partial charge in [0.15, 0.2) is 0 Å². The van der Waals surface area contributed by atoms with Crippen LogP contribution in [0.5, 0.6) is 0 Å². The van der Waals surface area contributed by atoms with Gasteiger partial charge in [0.1, 0.15) is 0 Å². The first-order valence-electron chi connectivity index (χ1n) is 7.19. The predicted octanol–water partition coefficient (Wildman–Crippen LogP) is 2.32. The summed E-state index contributed by atoms with van der Waals surface area (Å²) < 4.78 is 0. The topological polar surface area (TPSA) is 45.2 Å². The number of nitrogens with one attached hydrogen (secondary N) is 1. The highest BCUT2D eigenvalue weighted by atomic mass is 16.2. The summed E-state index contributed by atoms with van der Waals surface area (Å²) in [6.45, 7) is 1.30. The van der Waals surface area contributed by atoms with Gasteiger partial charge in [0.2, 0.25) is 5.91 Å². The Balaban J connectivity index is 1.66. The van der Waals surface area contributed by atoms with E-state index >= 15 is 0 Å². The Morgan fingerprint density at radius 1 is 1.33 bits per heavy atom. The van der Waals surface area contributed by atoms with Gasteiger partial charge in [-0.2, -0.15) is 0 Å². The number of aromatic nitrogens is 1. The smallest absolute Gasteiger partial charge is 0.227 e. The number of nitrogens with zero attached hydrogens (tertiary/aromatic N) is 2. The van der Waals surface area contributed by atoms with Crippen molar-refractivity contribution in [2.45, 2.75) is 13.0 Å². The summed E-state index contributed by atoms with van der Waals surface area (Å²) in [5.41, 5.74) is 3.42. The Hall–Kier alpha value is -2.36. The molecule has 1 aromatic heterocycles. The van der Waals surface area contributed by atoms with Crippen molar-refractivity contribution >= 4 is 11.6 Å². The summed E-state index contributed by atoms with van der Waals surface area (Å²) in [7, 11) is 1.86. The van der Waals surface area contributed by atoms with Crippen molar-refractivity contribution in [3.8, 4) is 0 Å². The van der Waals surface area contributed by atoms with Gasteiger partial charge in [0.05, 0.1) is 5.92 Å². The molecule has 108 valence electrons. The van der Waals surface area contributed by atoms with Gasteiger partial charge in [-0.3, -0.25) is 9.78 Å². The third-order valence-electron chi connectivity index (χ3n) is 3.89. The highest BCUT2D eigenvalue weighted by molar-refractivity contribution is 5.80.